The van der Waals surface area contributed by atoms with E-state index in [-0.39, 0.29) is 18.0 Å². The Hall–Kier alpha value is -2.28. The third-order valence-electron chi connectivity index (χ3n) is 6.92. The van der Waals surface area contributed by atoms with Crippen LogP contribution in [0.1, 0.15) is 68.2 Å². The summed E-state index contributed by atoms with van der Waals surface area (Å²) in [6, 6.07) is 14.2. The van der Waals surface area contributed by atoms with Crippen LogP contribution in [-0.4, -0.2) is 22.6 Å². The van der Waals surface area contributed by atoms with Crippen LogP contribution in [0.4, 0.5) is 18.9 Å². The molecule has 178 valence electrons. The van der Waals surface area contributed by atoms with E-state index in [1.54, 1.807) is 6.07 Å². The van der Waals surface area contributed by atoms with Gasteiger partial charge in [-0.3, -0.25) is 0 Å². The van der Waals surface area contributed by atoms with Crippen LogP contribution in [0.5, 0.6) is 0 Å². The highest BCUT2D eigenvalue weighted by Gasteiger charge is 2.45. The molecule has 7 heteroatoms. The lowest BCUT2D eigenvalue weighted by Gasteiger charge is -2.41. The first-order valence-corrected chi connectivity index (χ1v) is 12.4. The maximum Gasteiger partial charge on any atom is 0.416 e. The van der Waals surface area contributed by atoms with Crippen molar-refractivity contribution in [3.05, 3.63) is 65.2 Å². The number of benzene rings is 2. The number of thiocarbonyl (C=S) groups is 1. The molecule has 0 aliphatic carbocycles. The number of nitrogens with one attached hydrogen (secondary N) is 2. The lowest BCUT2D eigenvalue weighted by atomic mass is 9.80. The van der Waals surface area contributed by atoms with Gasteiger partial charge in [-0.1, -0.05) is 62.9 Å². The smallest absolute Gasteiger partial charge is 0.382 e. The second-order valence-electron chi connectivity index (χ2n) is 9.14. The fraction of sp³-hybridized carbons (Fsp3) is 0.500. The number of fused-ring (bicyclic) bond motifs is 3. The van der Waals surface area contributed by atoms with Crippen molar-refractivity contribution < 1.29 is 13.2 Å². The standard InChI is InChI=1S/C26H32F3N3S/c1-2-3-4-8-11-22-20-14-15-32(25(33)30-17-18-9-6-5-7-10-18)24(20)21-16-19(26(27,28)29)12-13-23(21)31-22/h5-7,9-10,12-13,16,20,22,24,31H,2-4,8,11,14-15,17H2,1H3,(H,30,33)/t20-,22+,24-/m0/s1. The Morgan fingerprint density at radius 1 is 1.12 bits per heavy atom. The molecule has 4 rings (SSSR count). The van der Waals surface area contributed by atoms with Crippen LogP contribution < -0.4 is 10.6 Å². The predicted molar refractivity (Wildman–Crippen MR) is 131 cm³/mol. The van der Waals surface area contributed by atoms with Crippen molar-refractivity contribution in [2.45, 2.75) is 70.3 Å². The van der Waals surface area contributed by atoms with Gasteiger partial charge in [-0.25, -0.2) is 0 Å². The van der Waals surface area contributed by atoms with E-state index < -0.39 is 11.7 Å². The Kier molecular flexibility index (Phi) is 7.47. The first-order chi connectivity index (χ1) is 15.9. The van der Waals surface area contributed by atoms with Crippen LogP contribution in [-0.2, 0) is 12.7 Å². The summed E-state index contributed by atoms with van der Waals surface area (Å²) >= 11 is 5.75. The average molecular weight is 476 g/mol. The van der Waals surface area contributed by atoms with Crippen molar-refractivity contribution in [2.75, 3.05) is 11.9 Å². The number of anilines is 1. The number of unbranched alkanes of at least 4 members (excludes halogenated alkanes) is 3. The van der Waals surface area contributed by atoms with Crippen LogP contribution in [0.3, 0.4) is 0 Å². The van der Waals surface area contributed by atoms with Gasteiger partial charge in [-0.05, 0) is 54.4 Å². The molecule has 3 atom stereocenters. The fourth-order valence-electron chi connectivity index (χ4n) is 5.24. The van der Waals surface area contributed by atoms with Gasteiger partial charge in [-0.15, -0.1) is 0 Å². The van der Waals surface area contributed by atoms with Gasteiger partial charge in [0.15, 0.2) is 5.11 Å². The molecule has 33 heavy (non-hydrogen) atoms. The second kappa shape index (κ2) is 10.3. The van der Waals surface area contributed by atoms with E-state index >= 15 is 0 Å². The Morgan fingerprint density at radius 2 is 1.91 bits per heavy atom. The van der Waals surface area contributed by atoms with Crippen molar-refractivity contribution in [1.82, 2.24) is 10.2 Å². The van der Waals surface area contributed by atoms with Crippen molar-refractivity contribution in [3.63, 3.8) is 0 Å². The largest absolute Gasteiger partial charge is 0.416 e. The quantitative estimate of drug-likeness (QED) is 0.336. The van der Waals surface area contributed by atoms with E-state index in [0.717, 1.165) is 37.1 Å². The molecule has 2 aliphatic rings. The molecule has 0 unspecified atom stereocenters. The zero-order valence-electron chi connectivity index (χ0n) is 19.0. The highest BCUT2D eigenvalue weighted by molar-refractivity contribution is 7.80. The third kappa shape index (κ3) is 5.45. The van der Waals surface area contributed by atoms with Crippen molar-refractivity contribution in [3.8, 4) is 0 Å². The van der Waals surface area contributed by atoms with Crippen molar-refractivity contribution in [2.24, 2.45) is 5.92 Å². The first-order valence-electron chi connectivity index (χ1n) is 11.9. The first kappa shape index (κ1) is 23.9. The van der Waals surface area contributed by atoms with E-state index in [0.29, 0.717) is 17.2 Å². The van der Waals surface area contributed by atoms with Crippen molar-refractivity contribution >= 4 is 23.0 Å². The molecule has 1 fully saturated rings. The number of alkyl halides is 3. The van der Waals surface area contributed by atoms with Gasteiger partial charge >= 0.3 is 6.18 Å². The van der Waals surface area contributed by atoms with Gasteiger partial charge in [0.25, 0.3) is 0 Å². The van der Waals surface area contributed by atoms with Crippen LogP contribution in [0.15, 0.2) is 48.5 Å². The molecule has 3 nitrogen and oxygen atoms in total. The monoisotopic (exact) mass is 475 g/mol. The van der Waals surface area contributed by atoms with E-state index in [4.69, 9.17) is 12.2 Å². The van der Waals surface area contributed by atoms with Gasteiger partial charge in [0.05, 0.1) is 11.6 Å². The lowest BCUT2D eigenvalue weighted by Crippen LogP contribution is -2.44. The minimum atomic E-state index is -4.36. The highest BCUT2D eigenvalue weighted by atomic mass is 32.1. The maximum atomic E-state index is 13.5. The summed E-state index contributed by atoms with van der Waals surface area (Å²) in [6.45, 7) is 3.54. The Morgan fingerprint density at radius 3 is 2.64 bits per heavy atom. The number of nitrogens with zero attached hydrogens (tertiary/aromatic N) is 1. The summed E-state index contributed by atoms with van der Waals surface area (Å²) in [4.78, 5) is 2.11. The lowest BCUT2D eigenvalue weighted by molar-refractivity contribution is -0.137. The van der Waals surface area contributed by atoms with Crippen LogP contribution in [0.2, 0.25) is 0 Å². The predicted octanol–water partition coefficient (Wildman–Crippen LogP) is 6.91. The zero-order chi connectivity index (χ0) is 23.4. The molecule has 0 spiro atoms. The van der Waals surface area contributed by atoms with Gasteiger partial charge in [0.2, 0.25) is 0 Å². The number of halogens is 3. The van der Waals surface area contributed by atoms with Crippen LogP contribution in [0.25, 0.3) is 0 Å². The molecule has 0 saturated carbocycles. The normalized spacial score (nSPS) is 21.8. The Labute approximate surface area is 199 Å². The minimum Gasteiger partial charge on any atom is -0.382 e. The maximum absolute atomic E-state index is 13.5. The van der Waals surface area contributed by atoms with Crippen molar-refractivity contribution in [1.29, 1.82) is 0 Å². The molecule has 0 aromatic heterocycles. The Balaban J connectivity index is 1.57. The molecule has 0 bridgehead atoms. The van der Waals surface area contributed by atoms with Gasteiger partial charge in [0.1, 0.15) is 0 Å². The summed E-state index contributed by atoms with van der Waals surface area (Å²) in [5.74, 6) is 0.235. The SMILES string of the molecule is CCCCCC[C@H]1Nc2ccc(C(F)(F)F)cc2[C@@H]2[C@H]1CCN2C(=S)NCc1ccccc1. The minimum absolute atomic E-state index is 0.143. The molecule has 2 aromatic rings. The molecule has 2 aliphatic heterocycles. The summed E-state index contributed by atoms with van der Waals surface area (Å²) in [5.41, 5.74) is 2.04. The van der Waals surface area contributed by atoms with E-state index in [2.05, 4.69) is 22.5 Å². The summed E-state index contributed by atoms with van der Waals surface area (Å²) in [6.07, 6.45) is 2.29. The molecule has 2 N–H and O–H groups in total. The molecular formula is C26H32F3N3S. The van der Waals surface area contributed by atoms with E-state index in [9.17, 15) is 13.2 Å². The number of likely N-dealkylation sites (tertiary alicyclic amines) is 1. The summed E-state index contributed by atoms with van der Waals surface area (Å²) in [5, 5.41) is 7.54. The van der Waals surface area contributed by atoms with Gasteiger partial charge in [0, 0.05) is 30.7 Å². The van der Waals surface area contributed by atoms with E-state index in [1.165, 1.54) is 31.4 Å². The number of rotatable bonds is 7. The Bertz CT molecular complexity index is 948. The third-order valence-corrected chi connectivity index (χ3v) is 7.29. The molecular weight excluding hydrogens is 443 g/mol. The molecule has 2 heterocycles. The zero-order valence-corrected chi connectivity index (χ0v) is 19.8. The fourth-order valence-corrected chi connectivity index (χ4v) is 5.52. The number of hydrogen-bond donors (Lipinski definition) is 2. The van der Waals surface area contributed by atoms with E-state index in [1.807, 2.05) is 30.3 Å². The number of hydrogen-bond acceptors (Lipinski definition) is 2. The highest BCUT2D eigenvalue weighted by Crippen LogP contribution is 2.48. The summed E-state index contributed by atoms with van der Waals surface area (Å²) in [7, 11) is 0. The molecule has 2 aromatic carbocycles. The van der Waals surface area contributed by atoms with Gasteiger partial charge in [-0.2, -0.15) is 13.2 Å². The average Bonchev–Trinajstić information content (AvgIpc) is 3.26. The topological polar surface area (TPSA) is 27.3 Å². The summed E-state index contributed by atoms with van der Waals surface area (Å²) < 4.78 is 40.5. The van der Waals surface area contributed by atoms with Gasteiger partial charge < -0.3 is 15.5 Å². The molecule has 1 saturated heterocycles. The molecule has 0 amide bonds. The molecule has 0 radical (unpaired) electrons. The van der Waals surface area contributed by atoms with Crippen LogP contribution >= 0.6 is 12.2 Å². The van der Waals surface area contributed by atoms with Crippen LogP contribution in [0, 0.1) is 5.92 Å². The second-order valence-corrected chi connectivity index (χ2v) is 9.52.